The zero-order valence-corrected chi connectivity index (χ0v) is 18.5. The van der Waals surface area contributed by atoms with Gasteiger partial charge in [0.25, 0.3) is 5.91 Å². The normalized spacial score (nSPS) is 16.9. The zero-order valence-electron chi connectivity index (χ0n) is 15.3. The van der Waals surface area contributed by atoms with Crippen molar-refractivity contribution in [3.63, 3.8) is 0 Å². The number of carbonyl (C=O) groups excluding carboxylic acids is 1. The third-order valence-electron chi connectivity index (χ3n) is 4.17. The standard InChI is InChI=1S/C21H11BrClF3N2O2S/c22-12-3-1-11(2-4-12)17-8-6-14(30-17)10-18-19(29)28-20(31-18)27-13-5-7-16(23)15(9-13)21(24,25)26/h1-10H,(H,27,28,29)/b18-10+. The first-order valence-corrected chi connectivity index (χ1v) is 10.7. The van der Waals surface area contributed by atoms with Crippen molar-refractivity contribution in [3.05, 3.63) is 80.3 Å². The van der Waals surface area contributed by atoms with Crippen LogP contribution in [0.5, 0.6) is 0 Å². The lowest BCUT2D eigenvalue weighted by atomic mass is 10.2. The summed E-state index contributed by atoms with van der Waals surface area (Å²) in [4.78, 5) is 16.6. The van der Waals surface area contributed by atoms with Crippen LogP contribution in [0.3, 0.4) is 0 Å². The van der Waals surface area contributed by atoms with Crippen molar-refractivity contribution in [3.8, 4) is 11.3 Å². The Morgan fingerprint density at radius 3 is 2.55 bits per heavy atom. The van der Waals surface area contributed by atoms with Crippen LogP contribution in [0.4, 0.5) is 18.9 Å². The molecule has 0 radical (unpaired) electrons. The van der Waals surface area contributed by atoms with Crippen LogP contribution in [-0.4, -0.2) is 11.1 Å². The number of rotatable bonds is 3. The maximum Gasteiger partial charge on any atom is 0.417 e. The number of halogens is 5. The first kappa shape index (κ1) is 21.7. The second kappa shape index (κ2) is 8.57. The molecular weight excluding hydrogens is 517 g/mol. The Hall–Kier alpha value is -2.49. The summed E-state index contributed by atoms with van der Waals surface area (Å²) in [5.41, 5.74) is -0.0877. The fourth-order valence-electron chi connectivity index (χ4n) is 2.73. The summed E-state index contributed by atoms with van der Waals surface area (Å²) in [5, 5.41) is 2.28. The Morgan fingerprint density at radius 1 is 1.10 bits per heavy atom. The van der Waals surface area contributed by atoms with Gasteiger partial charge in [-0.1, -0.05) is 39.7 Å². The number of aliphatic imine (C=N–C) groups is 1. The fraction of sp³-hybridized carbons (Fsp3) is 0.0476. The SMILES string of the molecule is O=C1NC(=Nc2ccc(Cl)c(C(F)(F)F)c2)S/C1=C/c1ccc(-c2ccc(Br)cc2)o1. The Morgan fingerprint density at radius 2 is 1.84 bits per heavy atom. The number of hydrogen-bond acceptors (Lipinski definition) is 4. The molecule has 0 aliphatic carbocycles. The number of hydrogen-bond donors (Lipinski definition) is 1. The van der Waals surface area contributed by atoms with Gasteiger partial charge in [-0.25, -0.2) is 4.99 Å². The van der Waals surface area contributed by atoms with Crippen molar-refractivity contribution in [2.45, 2.75) is 6.18 Å². The molecule has 1 amide bonds. The Bertz CT molecular complexity index is 1220. The van der Waals surface area contributed by atoms with Crippen molar-refractivity contribution < 1.29 is 22.4 Å². The minimum absolute atomic E-state index is 0.0244. The molecule has 1 aliphatic rings. The molecule has 0 atom stereocenters. The molecular formula is C21H11BrClF3N2O2S. The number of furan rings is 1. The van der Waals surface area contributed by atoms with Gasteiger partial charge in [-0.15, -0.1) is 0 Å². The first-order chi connectivity index (χ1) is 14.7. The van der Waals surface area contributed by atoms with E-state index in [9.17, 15) is 18.0 Å². The number of thioether (sulfide) groups is 1. The lowest BCUT2D eigenvalue weighted by Crippen LogP contribution is -2.19. The van der Waals surface area contributed by atoms with Gasteiger partial charge in [0.05, 0.1) is 21.2 Å². The summed E-state index contributed by atoms with van der Waals surface area (Å²) in [5.74, 6) is 0.676. The summed E-state index contributed by atoms with van der Waals surface area (Å²) < 4.78 is 45.8. The number of nitrogens with one attached hydrogen (secondary N) is 1. The van der Waals surface area contributed by atoms with Crippen molar-refractivity contribution in [2.75, 3.05) is 0 Å². The molecule has 0 unspecified atom stereocenters. The van der Waals surface area contributed by atoms with Gasteiger partial charge < -0.3 is 9.73 Å². The summed E-state index contributed by atoms with van der Waals surface area (Å²) >= 11 is 10.00. The van der Waals surface area contributed by atoms with Gasteiger partial charge in [0.1, 0.15) is 11.5 Å². The monoisotopic (exact) mass is 526 g/mol. The van der Waals surface area contributed by atoms with E-state index in [-0.39, 0.29) is 10.9 Å². The number of nitrogens with zero attached hydrogens (tertiary/aromatic N) is 1. The van der Waals surface area contributed by atoms with Crippen molar-refractivity contribution in [1.29, 1.82) is 0 Å². The maximum absolute atomic E-state index is 13.0. The van der Waals surface area contributed by atoms with E-state index in [2.05, 4.69) is 26.2 Å². The Kier molecular flexibility index (Phi) is 6.00. The zero-order chi connectivity index (χ0) is 22.2. The maximum atomic E-state index is 13.0. The molecule has 31 heavy (non-hydrogen) atoms. The van der Waals surface area contributed by atoms with Gasteiger partial charge >= 0.3 is 6.18 Å². The average Bonchev–Trinajstić information content (AvgIpc) is 3.30. The van der Waals surface area contributed by atoms with E-state index in [0.29, 0.717) is 16.4 Å². The van der Waals surface area contributed by atoms with Crippen LogP contribution in [0.1, 0.15) is 11.3 Å². The smallest absolute Gasteiger partial charge is 0.417 e. The van der Waals surface area contributed by atoms with Gasteiger partial charge in [0, 0.05) is 16.1 Å². The van der Waals surface area contributed by atoms with Crippen LogP contribution in [0, 0.1) is 0 Å². The number of amides is 1. The average molecular weight is 528 g/mol. The second-order valence-corrected chi connectivity index (χ2v) is 8.71. The Labute approximate surface area is 192 Å². The highest BCUT2D eigenvalue weighted by molar-refractivity contribution is 9.10. The number of carbonyl (C=O) groups is 1. The molecule has 3 aromatic rings. The highest BCUT2D eigenvalue weighted by Crippen LogP contribution is 2.37. The number of amidine groups is 1. The molecule has 0 saturated carbocycles. The molecule has 1 saturated heterocycles. The van der Waals surface area contributed by atoms with Crippen molar-refractivity contribution >= 4 is 62.1 Å². The molecule has 0 bridgehead atoms. The van der Waals surface area contributed by atoms with Gasteiger partial charge in [0.15, 0.2) is 5.17 Å². The Balaban J connectivity index is 1.55. The summed E-state index contributed by atoms with van der Waals surface area (Å²) in [6.45, 7) is 0. The molecule has 2 aromatic carbocycles. The highest BCUT2D eigenvalue weighted by Gasteiger charge is 2.33. The first-order valence-electron chi connectivity index (χ1n) is 8.71. The highest BCUT2D eigenvalue weighted by atomic mass is 79.9. The summed E-state index contributed by atoms with van der Waals surface area (Å²) in [7, 11) is 0. The van der Waals surface area contributed by atoms with Gasteiger partial charge in [-0.3, -0.25) is 4.79 Å². The van der Waals surface area contributed by atoms with Crippen LogP contribution >= 0.6 is 39.3 Å². The topological polar surface area (TPSA) is 54.6 Å². The molecule has 1 N–H and O–H groups in total. The summed E-state index contributed by atoms with van der Waals surface area (Å²) in [6.07, 6.45) is -3.05. The van der Waals surface area contributed by atoms with Crippen LogP contribution in [0.25, 0.3) is 17.4 Å². The van der Waals surface area contributed by atoms with Gasteiger partial charge in [-0.05, 0) is 54.2 Å². The van der Waals surface area contributed by atoms with E-state index in [1.165, 1.54) is 6.07 Å². The molecule has 158 valence electrons. The molecule has 1 aliphatic heterocycles. The molecule has 4 rings (SSSR count). The van der Waals surface area contributed by atoms with E-state index >= 15 is 0 Å². The lowest BCUT2D eigenvalue weighted by Gasteiger charge is -2.09. The van der Waals surface area contributed by atoms with Gasteiger partial charge in [-0.2, -0.15) is 13.2 Å². The molecule has 2 heterocycles. The number of alkyl halides is 3. The van der Waals surface area contributed by atoms with E-state index in [0.717, 1.165) is 33.9 Å². The second-order valence-electron chi connectivity index (χ2n) is 6.35. The van der Waals surface area contributed by atoms with E-state index in [1.54, 1.807) is 18.2 Å². The number of benzene rings is 2. The van der Waals surface area contributed by atoms with Crippen LogP contribution < -0.4 is 5.32 Å². The van der Waals surface area contributed by atoms with E-state index < -0.39 is 22.7 Å². The molecule has 1 aromatic heterocycles. The third kappa shape index (κ3) is 5.06. The predicted molar refractivity (Wildman–Crippen MR) is 119 cm³/mol. The fourth-order valence-corrected chi connectivity index (χ4v) is 4.04. The van der Waals surface area contributed by atoms with Crippen LogP contribution in [0.2, 0.25) is 5.02 Å². The van der Waals surface area contributed by atoms with E-state index in [4.69, 9.17) is 16.0 Å². The van der Waals surface area contributed by atoms with E-state index in [1.807, 2.05) is 24.3 Å². The quantitative estimate of drug-likeness (QED) is 0.364. The van der Waals surface area contributed by atoms with Gasteiger partial charge in [0.2, 0.25) is 0 Å². The molecule has 1 fully saturated rings. The molecule has 4 nitrogen and oxygen atoms in total. The predicted octanol–water partition coefficient (Wildman–Crippen LogP) is 7.27. The molecule has 10 heteroatoms. The van der Waals surface area contributed by atoms with Crippen molar-refractivity contribution in [2.24, 2.45) is 4.99 Å². The third-order valence-corrected chi connectivity index (χ3v) is 5.93. The van der Waals surface area contributed by atoms with Crippen LogP contribution in [0.15, 0.2) is 73.4 Å². The largest absolute Gasteiger partial charge is 0.457 e. The summed E-state index contributed by atoms with van der Waals surface area (Å²) in [6, 6.07) is 14.4. The minimum Gasteiger partial charge on any atom is -0.457 e. The minimum atomic E-state index is -4.60. The lowest BCUT2D eigenvalue weighted by molar-refractivity contribution is -0.137. The van der Waals surface area contributed by atoms with Crippen molar-refractivity contribution in [1.82, 2.24) is 5.32 Å². The molecule has 0 spiro atoms. The van der Waals surface area contributed by atoms with Crippen LogP contribution in [-0.2, 0) is 11.0 Å².